The molecule has 0 aliphatic carbocycles. The average Bonchev–Trinajstić information content (AvgIpc) is 3.07. The van der Waals surface area contributed by atoms with Crippen molar-refractivity contribution in [3.63, 3.8) is 0 Å². The lowest BCUT2D eigenvalue weighted by Crippen LogP contribution is -2.13. The lowest BCUT2D eigenvalue weighted by molar-refractivity contribution is 0.103. The van der Waals surface area contributed by atoms with Gasteiger partial charge in [-0.2, -0.15) is 9.78 Å². The van der Waals surface area contributed by atoms with Crippen molar-refractivity contribution < 1.29 is 4.79 Å². The fraction of sp³-hybridized carbons (Fsp3) is 0.100. The summed E-state index contributed by atoms with van der Waals surface area (Å²) in [6.45, 7) is 1.86. The van der Waals surface area contributed by atoms with E-state index in [0.29, 0.717) is 16.4 Å². The van der Waals surface area contributed by atoms with Gasteiger partial charge in [0.1, 0.15) is 11.2 Å². The Hall–Kier alpha value is -2.55. The third-order valence-corrected chi connectivity index (χ3v) is 3.30. The van der Waals surface area contributed by atoms with Gasteiger partial charge in [0, 0.05) is 11.8 Å². The number of aryl methyl sites for hydroxylation is 1. The van der Waals surface area contributed by atoms with Crippen LogP contribution in [0.5, 0.6) is 0 Å². The van der Waals surface area contributed by atoms with E-state index in [0.717, 1.165) is 5.69 Å². The van der Waals surface area contributed by atoms with E-state index in [1.54, 1.807) is 12.1 Å². The summed E-state index contributed by atoms with van der Waals surface area (Å²) in [6, 6.07) is 3.54. The number of hydrogen-bond donors (Lipinski definition) is 2. The van der Waals surface area contributed by atoms with Crippen LogP contribution >= 0.6 is 11.3 Å². The van der Waals surface area contributed by atoms with Gasteiger partial charge in [-0.15, -0.1) is 16.4 Å². The number of rotatable bonds is 3. The van der Waals surface area contributed by atoms with Crippen LogP contribution in [0.1, 0.15) is 15.4 Å². The van der Waals surface area contributed by atoms with Crippen molar-refractivity contribution >= 4 is 23.1 Å². The van der Waals surface area contributed by atoms with E-state index < -0.39 is 0 Å². The van der Waals surface area contributed by atoms with Crippen molar-refractivity contribution in [1.82, 2.24) is 30.4 Å². The predicted octanol–water partition coefficient (Wildman–Crippen LogP) is 1.01. The van der Waals surface area contributed by atoms with Gasteiger partial charge in [-0.1, -0.05) is 0 Å². The number of anilines is 1. The average molecular weight is 275 g/mol. The summed E-state index contributed by atoms with van der Waals surface area (Å²) in [5, 5.41) is 22.1. The van der Waals surface area contributed by atoms with Gasteiger partial charge in [0.05, 0.1) is 5.69 Å². The summed E-state index contributed by atoms with van der Waals surface area (Å²) in [5.41, 5.74) is 1.52. The molecular formula is C10H9N7OS. The molecule has 3 heterocycles. The maximum absolute atomic E-state index is 12.2. The Bertz CT molecular complexity index is 699. The van der Waals surface area contributed by atoms with Crippen molar-refractivity contribution in [2.45, 2.75) is 6.92 Å². The molecule has 3 aromatic rings. The third kappa shape index (κ3) is 2.22. The highest BCUT2D eigenvalue weighted by Gasteiger charge is 2.16. The first kappa shape index (κ1) is 11.5. The number of hydrogen-bond acceptors (Lipinski definition) is 6. The molecule has 0 saturated carbocycles. The van der Waals surface area contributed by atoms with Crippen LogP contribution in [0, 0.1) is 6.92 Å². The smallest absolute Gasteiger partial charge is 0.269 e. The first-order valence-electron chi connectivity index (χ1n) is 5.38. The summed E-state index contributed by atoms with van der Waals surface area (Å²) in [6.07, 6.45) is 1.44. The fourth-order valence-corrected chi connectivity index (χ4v) is 2.35. The highest BCUT2D eigenvalue weighted by atomic mass is 32.1. The minimum Gasteiger partial charge on any atom is -0.304 e. The second kappa shape index (κ2) is 4.61. The molecular weight excluding hydrogens is 266 g/mol. The molecule has 0 fully saturated rings. The van der Waals surface area contributed by atoms with E-state index in [1.807, 2.05) is 12.3 Å². The van der Waals surface area contributed by atoms with Crippen LogP contribution in [0.4, 0.5) is 5.82 Å². The van der Waals surface area contributed by atoms with E-state index in [9.17, 15) is 4.79 Å². The summed E-state index contributed by atoms with van der Waals surface area (Å²) in [5.74, 6) is 0.241. The maximum Gasteiger partial charge on any atom is 0.269 e. The van der Waals surface area contributed by atoms with E-state index in [4.69, 9.17) is 0 Å². The number of carbonyl (C=O) groups is 1. The van der Waals surface area contributed by atoms with Gasteiger partial charge < -0.3 is 5.32 Å². The van der Waals surface area contributed by atoms with Gasteiger partial charge in [-0.05, 0) is 28.8 Å². The zero-order chi connectivity index (χ0) is 13.2. The zero-order valence-corrected chi connectivity index (χ0v) is 10.7. The highest BCUT2D eigenvalue weighted by molar-refractivity contribution is 7.12. The normalized spacial score (nSPS) is 10.6. The Morgan fingerprint density at radius 3 is 3.11 bits per heavy atom. The number of tetrazole rings is 1. The molecule has 0 spiro atoms. The van der Waals surface area contributed by atoms with Crippen LogP contribution < -0.4 is 5.32 Å². The molecule has 8 nitrogen and oxygen atoms in total. The lowest BCUT2D eigenvalue weighted by Gasteiger charge is -2.02. The number of amides is 1. The van der Waals surface area contributed by atoms with Crippen LogP contribution in [-0.4, -0.2) is 36.3 Å². The van der Waals surface area contributed by atoms with E-state index >= 15 is 0 Å². The van der Waals surface area contributed by atoms with Crippen molar-refractivity contribution in [1.29, 1.82) is 0 Å². The molecule has 1 amide bonds. The number of aromatic nitrogens is 6. The standard InChI is InChI=1S/C10H9N7OS/c1-6-4-8(14-13-6)12-10(18)9-7(2-3-19-9)17-5-11-15-16-17/h2-5H,1H3,(H2,12,13,14,18). The molecule has 0 radical (unpaired) electrons. The minimum absolute atomic E-state index is 0.244. The van der Waals surface area contributed by atoms with Crippen LogP contribution in [0.15, 0.2) is 23.8 Å². The molecule has 19 heavy (non-hydrogen) atoms. The minimum atomic E-state index is -0.244. The Morgan fingerprint density at radius 1 is 1.53 bits per heavy atom. The van der Waals surface area contributed by atoms with Gasteiger partial charge in [0.25, 0.3) is 5.91 Å². The Morgan fingerprint density at radius 2 is 2.42 bits per heavy atom. The SMILES string of the molecule is Cc1cc(NC(=O)c2sccc2-n2cnnn2)n[nH]1. The van der Waals surface area contributed by atoms with Gasteiger partial charge in [-0.25, -0.2) is 0 Å². The molecule has 3 aromatic heterocycles. The van der Waals surface area contributed by atoms with Gasteiger partial charge in [0.2, 0.25) is 0 Å². The molecule has 9 heteroatoms. The first-order valence-corrected chi connectivity index (χ1v) is 6.26. The number of carbonyl (C=O) groups excluding carboxylic acids is 1. The van der Waals surface area contributed by atoms with Crippen molar-refractivity contribution in [3.05, 3.63) is 34.4 Å². The molecule has 3 rings (SSSR count). The summed E-state index contributed by atoms with van der Waals surface area (Å²) in [4.78, 5) is 12.7. The molecule has 0 aliphatic rings. The first-order chi connectivity index (χ1) is 9.24. The zero-order valence-electron chi connectivity index (χ0n) is 9.86. The summed E-state index contributed by atoms with van der Waals surface area (Å²) < 4.78 is 1.45. The van der Waals surface area contributed by atoms with Crippen molar-refractivity contribution in [2.24, 2.45) is 0 Å². The number of aromatic amines is 1. The highest BCUT2D eigenvalue weighted by Crippen LogP contribution is 2.21. The predicted molar refractivity (Wildman–Crippen MR) is 68.3 cm³/mol. The van der Waals surface area contributed by atoms with Crippen LogP contribution in [0.25, 0.3) is 5.69 Å². The molecule has 2 N–H and O–H groups in total. The van der Waals surface area contributed by atoms with Crippen LogP contribution in [-0.2, 0) is 0 Å². The maximum atomic E-state index is 12.2. The molecule has 0 aliphatic heterocycles. The second-order valence-corrected chi connectivity index (χ2v) is 4.70. The molecule has 0 aromatic carbocycles. The van der Waals surface area contributed by atoms with E-state index in [2.05, 4.69) is 31.0 Å². The van der Waals surface area contributed by atoms with Crippen molar-refractivity contribution in [3.8, 4) is 5.69 Å². The lowest BCUT2D eigenvalue weighted by atomic mass is 10.3. The molecule has 96 valence electrons. The number of H-pyrrole nitrogens is 1. The fourth-order valence-electron chi connectivity index (χ4n) is 1.58. The topological polar surface area (TPSA) is 101 Å². The number of thiophene rings is 1. The van der Waals surface area contributed by atoms with Gasteiger partial charge in [-0.3, -0.25) is 9.89 Å². The second-order valence-electron chi connectivity index (χ2n) is 3.78. The van der Waals surface area contributed by atoms with E-state index in [1.165, 1.54) is 22.3 Å². The molecule has 0 saturated heterocycles. The largest absolute Gasteiger partial charge is 0.304 e. The molecule has 0 unspecified atom stereocenters. The number of nitrogens with one attached hydrogen (secondary N) is 2. The molecule has 0 bridgehead atoms. The van der Waals surface area contributed by atoms with Crippen LogP contribution in [0.3, 0.4) is 0 Å². The number of nitrogens with zero attached hydrogens (tertiary/aromatic N) is 5. The van der Waals surface area contributed by atoms with Crippen LogP contribution in [0.2, 0.25) is 0 Å². The summed E-state index contributed by atoms with van der Waals surface area (Å²) >= 11 is 1.32. The Labute approximate surface area is 111 Å². The summed E-state index contributed by atoms with van der Waals surface area (Å²) in [7, 11) is 0. The van der Waals surface area contributed by atoms with E-state index in [-0.39, 0.29) is 5.91 Å². The third-order valence-electron chi connectivity index (χ3n) is 2.39. The Kier molecular flexibility index (Phi) is 2.80. The molecule has 0 atom stereocenters. The monoisotopic (exact) mass is 275 g/mol. The quantitative estimate of drug-likeness (QED) is 0.742. The Balaban J connectivity index is 1.87. The van der Waals surface area contributed by atoms with Gasteiger partial charge >= 0.3 is 0 Å². The van der Waals surface area contributed by atoms with Crippen molar-refractivity contribution in [2.75, 3.05) is 5.32 Å². The van der Waals surface area contributed by atoms with Gasteiger partial charge in [0.15, 0.2) is 5.82 Å².